The van der Waals surface area contributed by atoms with Crippen molar-refractivity contribution in [3.63, 3.8) is 0 Å². The average Bonchev–Trinajstić information content (AvgIpc) is 2.27. The molecule has 3 nitrogen and oxygen atoms in total. The summed E-state index contributed by atoms with van der Waals surface area (Å²) in [6.45, 7) is 6.66. The minimum atomic E-state index is 0.782. The lowest BCUT2D eigenvalue weighted by Crippen LogP contribution is -2.44. The van der Waals surface area contributed by atoms with Gasteiger partial charge < -0.3 is 15.5 Å². The number of piperidine rings is 1. The molecule has 2 N–H and O–H groups in total. The van der Waals surface area contributed by atoms with Gasteiger partial charge in [-0.15, -0.1) is 0 Å². The molecule has 0 spiro atoms. The monoisotopic (exact) mass is 227 g/mol. The van der Waals surface area contributed by atoms with Crippen LogP contribution >= 0.6 is 0 Å². The van der Waals surface area contributed by atoms with E-state index in [0.717, 1.165) is 25.0 Å². The zero-order valence-electron chi connectivity index (χ0n) is 11.3. The van der Waals surface area contributed by atoms with Crippen molar-refractivity contribution in [1.82, 2.24) is 9.80 Å². The highest BCUT2D eigenvalue weighted by atomic mass is 15.1. The summed E-state index contributed by atoms with van der Waals surface area (Å²) in [5.74, 6) is 0.893. The summed E-state index contributed by atoms with van der Waals surface area (Å²) in [6, 6.07) is 0.782. The van der Waals surface area contributed by atoms with Gasteiger partial charge in [0.15, 0.2) is 0 Å². The van der Waals surface area contributed by atoms with E-state index in [1.807, 2.05) is 0 Å². The standard InChI is InChI=1S/C13H29N3/c1-4-5-13(15(2)3)12-6-9-16(10-7-12)11-8-14/h12-13H,4-11,14H2,1-3H3. The Morgan fingerprint density at radius 1 is 1.31 bits per heavy atom. The van der Waals surface area contributed by atoms with Gasteiger partial charge in [-0.1, -0.05) is 13.3 Å². The number of hydrogen-bond acceptors (Lipinski definition) is 3. The Morgan fingerprint density at radius 3 is 2.38 bits per heavy atom. The summed E-state index contributed by atoms with van der Waals surface area (Å²) in [5.41, 5.74) is 5.60. The molecule has 16 heavy (non-hydrogen) atoms. The van der Waals surface area contributed by atoms with Crippen molar-refractivity contribution in [3.05, 3.63) is 0 Å². The Balaban J connectivity index is 2.38. The smallest absolute Gasteiger partial charge is 0.0118 e. The molecule has 1 heterocycles. The van der Waals surface area contributed by atoms with Crippen LogP contribution in [-0.4, -0.2) is 56.1 Å². The lowest BCUT2D eigenvalue weighted by Gasteiger charge is -2.38. The van der Waals surface area contributed by atoms with E-state index < -0.39 is 0 Å². The summed E-state index contributed by atoms with van der Waals surface area (Å²) in [5, 5.41) is 0. The van der Waals surface area contributed by atoms with Crippen molar-refractivity contribution < 1.29 is 0 Å². The predicted octanol–water partition coefficient (Wildman–Crippen LogP) is 1.39. The molecule has 1 aliphatic heterocycles. The number of nitrogens with two attached hydrogens (primary N) is 1. The van der Waals surface area contributed by atoms with Gasteiger partial charge in [0.1, 0.15) is 0 Å². The quantitative estimate of drug-likeness (QED) is 0.744. The average molecular weight is 227 g/mol. The lowest BCUT2D eigenvalue weighted by molar-refractivity contribution is 0.113. The lowest BCUT2D eigenvalue weighted by atomic mass is 9.86. The molecule has 96 valence electrons. The first-order chi connectivity index (χ1) is 7.69. The summed E-state index contributed by atoms with van der Waals surface area (Å²) in [7, 11) is 4.46. The first-order valence-electron chi connectivity index (χ1n) is 6.77. The van der Waals surface area contributed by atoms with Crippen molar-refractivity contribution in [1.29, 1.82) is 0 Å². The van der Waals surface area contributed by atoms with Crippen LogP contribution in [0.15, 0.2) is 0 Å². The molecule has 1 rings (SSSR count). The van der Waals surface area contributed by atoms with Gasteiger partial charge in [0.25, 0.3) is 0 Å². The second kappa shape index (κ2) is 7.25. The summed E-state index contributed by atoms with van der Waals surface area (Å²) < 4.78 is 0. The largest absolute Gasteiger partial charge is 0.329 e. The van der Waals surface area contributed by atoms with Crippen LogP contribution in [0.3, 0.4) is 0 Å². The molecular weight excluding hydrogens is 198 g/mol. The number of likely N-dealkylation sites (tertiary alicyclic amines) is 1. The van der Waals surface area contributed by atoms with Crippen LogP contribution in [-0.2, 0) is 0 Å². The van der Waals surface area contributed by atoms with Gasteiger partial charge in [-0.25, -0.2) is 0 Å². The SMILES string of the molecule is CCCC(C1CCN(CCN)CC1)N(C)C. The van der Waals surface area contributed by atoms with E-state index in [2.05, 4.69) is 30.8 Å². The molecule has 0 aromatic carbocycles. The van der Waals surface area contributed by atoms with Crippen molar-refractivity contribution in [2.45, 2.75) is 38.6 Å². The third kappa shape index (κ3) is 4.04. The van der Waals surface area contributed by atoms with Crippen molar-refractivity contribution in [3.8, 4) is 0 Å². The summed E-state index contributed by atoms with van der Waals surface area (Å²) >= 11 is 0. The van der Waals surface area contributed by atoms with Gasteiger partial charge >= 0.3 is 0 Å². The molecule has 0 amide bonds. The fourth-order valence-corrected chi connectivity index (χ4v) is 2.96. The van der Waals surface area contributed by atoms with Crippen molar-refractivity contribution in [2.24, 2.45) is 11.7 Å². The molecule has 3 heteroatoms. The molecule has 0 bridgehead atoms. The predicted molar refractivity (Wildman–Crippen MR) is 70.6 cm³/mol. The molecule has 0 radical (unpaired) electrons. The van der Waals surface area contributed by atoms with E-state index >= 15 is 0 Å². The van der Waals surface area contributed by atoms with Crippen LogP contribution in [0.5, 0.6) is 0 Å². The molecule has 1 saturated heterocycles. The number of hydrogen-bond donors (Lipinski definition) is 1. The van der Waals surface area contributed by atoms with E-state index in [1.165, 1.54) is 38.8 Å². The van der Waals surface area contributed by atoms with Crippen LogP contribution < -0.4 is 5.73 Å². The first kappa shape index (κ1) is 13.9. The van der Waals surface area contributed by atoms with Crippen molar-refractivity contribution in [2.75, 3.05) is 40.3 Å². The summed E-state index contributed by atoms with van der Waals surface area (Å²) in [4.78, 5) is 4.93. The fraction of sp³-hybridized carbons (Fsp3) is 1.00. The molecule has 0 aromatic rings. The van der Waals surface area contributed by atoms with Crippen LogP contribution in [0, 0.1) is 5.92 Å². The second-order valence-corrected chi connectivity index (χ2v) is 5.29. The van der Waals surface area contributed by atoms with Crippen molar-refractivity contribution >= 4 is 0 Å². The fourth-order valence-electron chi connectivity index (χ4n) is 2.96. The highest BCUT2D eigenvalue weighted by Gasteiger charge is 2.26. The van der Waals surface area contributed by atoms with Crippen LogP contribution in [0.1, 0.15) is 32.6 Å². The molecule has 0 aromatic heterocycles. The molecule has 0 saturated carbocycles. The van der Waals surface area contributed by atoms with Crippen LogP contribution in [0.25, 0.3) is 0 Å². The maximum Gasteiger partial charge on any atom is 0.0118 e. The molecule has 1 fully saturated rings. The number of nitrogens with zero attached hydrogens (tertiary/aromatic N) is 2. The van der Waals surface area contributed by atoms with E-state index in [1.54, 1.807) is 0 Å². The first-order valence-corrected chi connectivity index (χ1v) is 6.77. The maximum absolute atomic E-state index is 5.60. The molecule has 0 aliphatic carbocycles. The van der Waals surface area contributed by atoms with Gasteiger partial charge in [0, 0.05) is 19.1 Å². The maximum atomic E-state index is 5.60. The Kier molecular flexibility index (Phi) is 6.32. The molecule has 1 unspecified atom stereocenters. The van der Waals surface area contributed by atoms with Crippen LogP contribution in [0.2, 0.25) is 0 Å². The third-order valence-corrected chi connectivity index (χ3v) is 3.87. The normalized spacial score (nSPS) is 21.6. The Bertz CT molecular complexity index is 174. The van der Waals surface area contributed by atoms with Crippen LogP contribution in [0.4, 0.5) is 0 Å². The van der Waals surface area contributed by atoms with Gasteiger partial charge in [0.05, 0.1) is 0 Å². The molecule has 1 aliphatic rings. The Morgan fingerprint density at radius 2 is 1.94 bits per heavy atom. The molecule has 1 atom stereocenters. The van der Waals surface area contributed by atoms with E-state index in [9.17, 15) is 0 Å². The Labute approximate surface area is 101 Å². The van der Waals surface area contributed by atoms with E-state index in [0.29, 0.717) is 0 Å². The zero-order valence-corrected chi connectivity index (χ0v) is 11.3. The minimum Gasteiger partial charge on any atom is -0.329 e. The second-order valence-electron chi connectivity index (χ2n) is 5.29. The van der Waals surface area contributed by atoms with E-state index in [4.69, 9.17) is 5.73 Å². The Hall–Kier alpha value is -0.120. The van der Waals surface area contributed by atoms with Gasteiger partial charge in [-0.3, -0.25) is 0 Å². The highest BCUT2D eigenvalue weighted by Crippen LogP contribution is 2.25. The van der Waals surface area contributed by atoms with Gasteiger partial charge in [-0.2, -0.15) is 0 Å². The summed E-state index contributed by atoms with van der Waals surface area (Å²) in [6.07, 6.45) is 5.34. The van der Waals surface area contributed by atoms with E-state index in [-0.39, 0.29) is 0 Å². The van der Waals surface area contributed by atoms with Gasteiger partial charge in [0.2, 0.25) is 0 Å². The molecular formula is C13H29N3. The topological polar surface area (TPSA) is 32.5 Å². The van der Waals surface area contributed by atoms with Gasteiger partial charge in [-0.05, 0) is 52.4 Å². The number of rotatable bonds is 6. The minimum absolute atomic E-state index is 0.782. The highest BCUT2D eigenvalue weighted by molar-refractivity contribution is 4.81. The third-order valence-electron chi connectivity index (χ3n) is 3.87. The zero-order chi connectivity index (χ0) is 12.0.